The van der Waals surface area contributed by atoms with Crippen LogP contribution in [0.4, 0.5) is 13.2 Å². The Labute approximate surface area is 202 Å². The summed E-state index contributed by atoms with van der Waals surface area (Å²) >= 11 is -1.42. The van der Waals surface area contributed by atoms with E-state index in [1.807, 2.05) is 19.9 Å². The molecule has 1 rings (SSSR count). The fourth-order valence-electron chi connectivity index (χ4n) is 2.64. The second kappa shape index (κ2) is 13.1. The molecule has 0 aliphatic carbocycles. The zero-order valence-electron chi connectivity index (χ0n) is 20.3. The Kier molecular flexibility index (Phi) is 11.2. The van der Waals surface area contributed by atoms with Crippen molar-refractivity contribution in [2.45, 2.75) is 51.6 Å². The van der Waals surface area contributed by atoms with E-state index in [1.165, 1.54) is 24.3 Å². The zero-order valence-corrected chi connectivity index (χ0v) is 21.1. The van der Waals surface area contributed by atoms with Crippen molar-refractivity contribution in [3.63, 3.8) is 0 Å². The first-order chi connectivity index (χ1) is 15.9. The van der Waals surface area contributed by atoms with Crippen molar-refractivity contribution in [1.82, 2.24) is 9.88 Å². The predicted octanol–water partition coefficient (Wildman–Crippen LogP) is 5.36. The van der Waals surface area contributed by atoms with Crippen molar-refractivity contribution >= 4 is 22.7 Å². The molecule has 0 saturated heterocycles. The summed E-state index contributed by atoms with van der Waals surface area (Å²) in [6, 6.07) is 3.67. The van der Waals surface area contributed by atoms with Gasteiger partial charge in [-0.05, 0) is 50.0 Å². The van der Waals surface area contributed by atoms with Gasteiger partial charge >= 0.3 is 6.18 Å². The Balaban J connectivity index is 3.59. The molecule has 0 amide bonds. The van der Waals surface area contributed by atoms with Crippen LogP contribution in [-0.4, -0.2) is 52.0 Å². The Morgan fingerprint density at radius 2 is 2.00 bits per heavy atom. The van der Waals surface area contributed by atoms with E-state index in [2.05, 4.69) is 21.5 Å². The summed E-state index contributed by atoms with van der Waals surface area (Å²) in [6.07, 6.45) is 0.197. The number of aromatic nitrogens is 1. The summed E-state index contributed by atoms with van der Waals surface area (Å²) in [7, 11) is 3.08. The van der Waals surface area contributed by atoms with E-state index in [-0.39, 0.29) is 23.7 Å². The number of aliphatic imine (C=N–C) groups is 2. The Morgan fingerprint density at radius 3 is 2.50 bits per heavy atom. The van der Waals surface area contributed by atoms with Gasteiger partial charge in [0.2, 0.25) is 0 Å². The van der Waals surface area contributed by atoms with E-state index in [0.717, 1.165) is 18.6 Å². The number of rotatable bonds is 9. The first kappa shape index (κ1) is 29.1. The lowest BCUT2D eigenvalue weighted by Gasteiger charge is -2.25. The molecule has 0 fully saturated rings. The largest absolute Gasteiger partial charge is 0.611 e. The molecule has 1 aromatic rings. The summed E-state index contributed by atoms with van der Waals surface area (Å²) < 4.78 is 52.4. The molecular weight excluding hydrogens is 463 g/mol. The van der Waals surface area contributed by atoms with Gasteiger partial charge in [-0.1, -0.05) is 19.1 Å². The monoisotopic (exact) mass is 493 g/mol. The molecule has 0 N–H and O–H groups in total. The van der Waals surface area contributed by atoms with Gasteiger partial charge in [-0.2, -0.15) is 18.4 Å². The van der Waals surface area contributed by atoms with E-state index in [9.17, 15) is 17.7 Å². The summed E-state index contributed by atoms with van der Waals surface area (Å²) in [4.78, 5) is 14.8. The topological polar surface area (TPSA) is 87.7 Å². The van der Waals surface area contributed by atoms with Crippen LogP contribution in [0.3, 0.4) is 0 Å². The van der Waals surface area contributed by atoms with Crippen molar-refractivity contribution in [2.75, 3.05) is 19.8 Å². The highest BCUT2D eigenvalue weighted by Crippen LogP contribution is 2.26. The van der Waals surface area contributed by atoms with Crippen LogP contribution in [0.25, 0.3) is 0 Å². The maximum Gasteiger partial charge on any atom is 0.412 e. The van der Waals surface area contributed by atoms with Crippen LogP contribution in [0.2, 0.25) is 0 Å². The molecule has 10 heteroatoms. The van der Waals surface area contributed by atoms with Crippen molar-refractivity contribution in [3.05, 3.63) is 59.2 Å². The number of nitriles is 1. The number of hydrogen-bond acceptors (Lipinski definition) is 5. The van der Waals surface area contributed by atoms with E-state index in [4.69, 9.17) is 5.26 Å². The molecule has 0 bridgehead atoms. The number of amidine groups is 1. The van der Waals surface area contributed by atoms with Crippen LogP contribution in [0.15, 0.2) is 62.8 Å². The lowest BCUT2D eigenvalue weighted by atomic mass is 10.1. The van der Waals surface area contributed by atoms with Crippen molar-refractivity contribution < 1.29 is 17.7 Å². The fraction of sp³-hybridized carbons (Fsp3) is 0.417. The molecule has 0 aromatic carbocycles. The number of alkyl halides is 3. The van der Waals surface area contributed by atoms with E-state index in [0.29, 0.717) is 28.3 Å². The minimum absolute atomic E-state index is 0.00513. The molecule has 0 aliphatic rings. The average Bonchev–Trinajstić information content (AvgIpc) is 2.80. The summed E-state index contributed by atoms with van der Waals surface area (Å²) in [6.45, 7) is 10.4. The number of nitrogens with zero attached hydrogens (tertiary/aromatic N) is 5. The van der Waals surface area contributed by atoms with Crippen molar-refractivity contribution in [1.29, 1.82) is 5.26 Å². The number of pyridine rings is 1. The maximum absolute atomic E-state index is 13.2. The van der Waals surface area contributed by atoms with Gasteiger partial charge < -0.3 is 9.45 Å². The second-order valence-corrected chi connectivity index (χ2v) is 9.09. The van der Waals surface area contributed by atoms with Gasteiger partial charge in [-0.15, -0.1) is 0 Å². The van der Waals surface area contributed by atoms with Crippen LogP contribution in [0.1, 0.15) is 45.4 Å². The number of halogens is 3. The minimum atomic E-state index is -4.52. The molecule has 0 radical (unpaired) electrons. The van der Waals surface area contributed by atoms with E-state index >= 15 is 0 Å². The standard InChI is InChI=1S/C24H30F3N5OS/c1-8-16(3)14-30-20(12-17(4)24(25,26)27)18(5)32(7)23(29-6)22-21(34(33)9-2)13-19(10-11-28)15-31-22/h12-15H,5,8-10H2,1-4,6-7H3/b16-14+,17-12+,29-23-,30-20+. The third-order valence-corrected chi connectivity index (χ3v) is 6.25. The maximum atomic E-state index is 13.2. The number of hydrogen-bond donors (Lipinski definition) is 0. The summed E-state index contributed by atoms with van der Waals surface area (Å²) in [5.41, 5.74) is 1.11. The van der Waals surface area contributed by atoms with Crippen molar-refractivity contribution in [2.24, 2.45) is 9.98 Å². The van der Waals surface area contributed by atoms with Gasteiger partial charge in [-0.25, -0.2) is 4.98 Å². The second-order valence-electron chi connectivity index (χ2n) is 7.38. The molecule has 1 aromatic heterocycles. The van der Waals surface area contributed by atoms with Gasteiger partial charge in [0.25, 0.3) is 0 Å². The molecule has 1 unspecified atom stereocenters. The highest BCUT2D eigenvalue weighted by molar-refractivity contribution is 7.91. The molecule has 1 heterocycles. The lowest BCUT2D eigenvalue weighted by molar-refractivity contribution is -0.0912. The molecule has 184 valence electrons. The van der Waals surface area contributed by atoms with Gasteiger partial charge in [0.15, 0.2) is 16.4 Å². The normalized spacial score (nSPS) is 14.6. The average molecular weight is 494 g/mol. The fourth-order valence-corrected chi connectivity index (χ4v) is 3.59. The highest BCUT2D eigenvalue weighted by atomic mass is 32.2. The predicted molar refractivity (Wildman–Crippen MR) is 131 cm³/mol. The molecule has 1 atom stereocenters. The van der Waals surface area contributed by atoms with Crippen LogP contribution in [0.5, 0.6) is 0 Å². The smallest absolute Gasteiger partial charge is 0.412 e. The summed E-state index contributed by atoms with van der Waals surface area (Å²) in [5.74, 6) is 0.570. The summed E-state index contributed by atoms with van der Waals surface area (Å²) in [5, 5.41) is 8.99. The van der Waals surface area contributed by atoms with Gasteiger partial charge in [0.05, 0.1) is 23.9 Å². The van der Waals surface area contributed by atoms with Crippen LogP contribution < -0.4 is 0 Å². The Morgan fingerprint density at radius 1 is 1.35 bits per heavy atom. The first-order valence-corrected chi connectivity index (χ1v) is 11.9. The van der Waals surface area contributed by atoms with Gasteiger partial charge in [0.1, 0.15) is 5.75 Å². The highest BCUT2D eigenvalue weighted by Gasteiger charge is 2.31. The third kappa shape index (κ3) is 7.85. The van der Waals surface area contributed by atoms with E-state index < -0.39 is 22.9 Å². The van der Waals surface area contributed by atoms with Crippen LogP contribution in [-0.2, 0) is 17.6 Å². The lowest BCUT2D eigenvalue weighted by Crippen LogP contribution is -2.32. The number of allylic oxidation sites excluding steroid dienone is 3. The Hall–Kier alpha value is -2.90. The molecular formula is C24H30F3N5OS. The van der Waals surface area contributed by atoms with Gasteiger partial charge in [-0.3, -0.25) is 9.98 Å². The first-order valence-electron chi connectivity index (χ1n) is 10.5. The molecule has 0 spiro atoms. The van der Waals surface area contributed by atoms with Crippen molar-refractivity contribution in [3.8, 4) is 6.07 Å². The molecule has 0 saturated carbocycles. The SMILES string of the molecule is C=C(C(/C=C(\C)C(F)(F)F)=N/C=C(\C)CC)N(C)/C(=N\C)c1ncc(CC#N)cc1[S+]([O-])CC. The van der Waals surface area contributed by atoms with Gasteiger partial charge in [0, 0.05) is 38.1 Å². The van der Waals surface area contributed by atoms with Crippen LogP contribution in [0, 0.1) is 11.3 Å². The zero-order chi connectivity index (χ0) is 26.1. The molecule has 6 nitrogen and oxygen atoms in total. The molecule has 34 heavy (non-hydrogen) atoms. The van der Waals surface area contributed by atoms with Crippen LogP contribution >= 0.6 is 0 Å². The Bertz CT molecular complexity index is 1050. The van der Waals surface area contributed by atoms with E-state index in [1.54, 1.807) is 20.0 Å². The minimum Gasteiger partial charge on any atom is -0.611 e. The molecule has 0 aliphatic heterocycles. The quantitative estimate of drug-likeness (QED) is 0.263. The third-order valence-electron chi connectivity index (χ3n) is 4.92.